The summed E-state index contributed by atoms with van der Waals surface area (Å²) in [5, 5.41) is 3.24. The van der Waals surface area contributed by atoms with Crippen molar-refractivity contribution in [2.45, 2.75) is 39.3 Å². The van der Waals surface area contributed by atoms with E-state index in [0.717, 1.165) is 11.3 Å². The Morgan fingerprint density at radius 2 is 1.75 bits per heavy atom. The third-order valence-electron chi connectivity index (χ3n) is 4.50. The van der Waals surface area contributed by atoms with Crippen LogP contribution in [0.5, 0.6) is 5.75 Å². The molecule has 0 saturated heterocycles. The van der Waals surface area contributed by atoms with Crippen molar-refractivity contribution in [1.82, 2.24) is 10.2 Å². The van der Waals surface area contributed by atoms with Crippen molar-refractivity contribution in [3.05, 3.63) is 64.7 Å². The number of nitrogens with zero attached hydrogens (tertiary/aromatic N) is 1. The Bertz CT molecular complexity index is 775. The molecule has 0 saturated carbocycles. The molecular weight excluding hydrogens is 376 g/mol. The number of ether oxygens (including phenoxy) is 1. The molecule has 0 aromatic heterocycles. The maximum atomic E-state index is 12.8. The Morgan fingerprint density at radius 3 is 2.36 bits per heavy atom. The summed E-state index contributed by atoms with van der Waals surface area (Å²) in [7, 11) is 1.57. The number of carbonyl (C=O) groups is 2. The standard InChI is InChI=1S/C22H27ClN2O3/c1-16-6-12-20(13-7-16)28-14-4-5-21(26)25(17(2)22(27)24-3)15-18-8-10-19(23)11-9-18/h6-13,17H,4-5,14-15H2,1-3H3,(H,24,27)/t17-/m1/s1. The summed E-state index contributed by atoms with van der Waals surface area (Å²) in [5.74, 6) is 0.506. The molecule has 1 atom stereocenters. The monoisotopic (exact) mass is 402 g/mol. The number of amides is 2. The highest BCUT2D eigenvalue weighted by atomic mass is 35.5. The van der Waals surface area contributed by atoms with Crippen molar-refractivity contribution in [2.75, 3.05) is 13.7 Å². The highest BCUT2D eigenvalue weighted by Crippen LogP contribution is 2.16. The number of halogens is 1. The van der Waals surface area contributed by atoms with Crippen molar-refractivity contribution >= 4 is 23.4 Å². The number of hydrogen-bond donors (Lipinski definition) is 1. The lowest BCUT2D eigenvalue weighted by molar-refractivity contribution is -0.140. The molecule has 6 heteroatoms. The molecule has 2 amide bonds. The van der Waals surface area contributed by atoms with Crippen LogP contribution < -0.4 is 10.1 Å². The average Bonchev–Trinajstić information content (AvgIpc) is 2.70. The van der Waals surface area contributed by atoms with E-state index in [0.29, 0.717) is 31.0 Å². The van der Waals surface area contributed by atoms with Gasteiger partial charge in [0.1, 0.15) is 11.8 Å². The summed E-state index contributed by atoms with van der Waals surface area (Å²) in [4.78, 5) is 26.5. The highest BCUT2D eigenvalue weighted by Gasteiger charge is 2.25. The van der Waals surface area contributed by atoms with Crippen LogP contribution in [0.25, 0.3) is 0 Å². The van der Waals surface area contributed by atoms with E-state index in [-0.39, 0.29) is 11.8 Å². The van der Waals surface area contributed by atoms with Crippen LogP contribution in [0.3, 0.4) is 0 Å². The molecule has 2 aromatic rings. The molecule has 0 aliphatic rings. The molecule has 0 spiro atoms. The van der Waals surface area contributed by atoms with Crippen LogP contribution in [0.1, 0.15) is 30.9 Å². The van der Waals surface area contributed by atoms with E-state index in [1.54, 1.807) is 31.0 Å². The fraction of sp³-hybridized carbons (Fsp3) is 0.364. The molecule has 0 aliphatic heterocycles. The summed E-state index contributed by atoms with van der Waals surface area (Å²) in [5.41, 5.74) is 2.09. The molecule has 0 aliphatic carbocycles. The average molecular weight is 403 g/mol. The largest absolute Gasteiger partial charge is 0.494 e. The Balaban J connectivity index is 1.94. The van der Waals surface area contributed by atoms with E-state index in [4.69, 9.17) is 16.3 Å². The van der Waals surface area contributed by atoms with Gasteiger partial charge in [-0.1, -0.05) is 41.4 Å². The van der Waals surface area contributed by atoms with E-state index in [9.17, 15) is 9.59 Å². The number of hydrogen-bond acceptors (Lipinski definition) is 3. The SMILES string of the molecule is CNC(=O)[C@@H](C)N(Cc1ccc(Cl)cc1)C(=O)CCCOc1ccc(C)cc1. The number of rotatable bonds is 9. The fourth-order valence-corrected chi connectivity index (χ4v) is 2.90. The van der Waals surface area contributed by atoms with Gasteiger partial charge >= 0.3 is 0 Å². The molecule has 0 fully saturated rings. The summed E-state index contributed by atoms with van der Waals surface area (Å²) >= 11 is 5.93. The third kappa shape index (κ3) is 6.57. The second-order valence-corrected chi connectivity index (χ2v) is 7.14. The molecule has 0 unspecified atom stereocenters. The predicted octanol–water partition coefficient (Wildman–Crippen LogP) is 3.97. The highest BCUT2D eigenvalue weighted by molar-refractivity contribution is 6.30. The van der Waals surface area contributed by atoms with Crippen LogP contribution in [0, 0.1) is 6.92 Å². The quantitative estimate of drug-likeness (QED) is 0.645. The molecule has 2 rings (SSSR count). The Hall–Kier alpha value is -2.53. The molecule has 5 nitrogen and oxygen atoms in total. The van der Waals surface area contributed by atoms with Crippen molar-refractivity contribution in [3.8, 4) is 5.75 Å². The number of carbonyl (C=O) groups excluding carboxylic acids is 2. The van der Waals surface area contributed by atoms with Crippen LogP contribution >= 0.6 is 11.6 Å². The summed E-state index contributed by atoms with van der Waals surface area (Å²) in [6.45, 7) is 4.54. The number of benzene rings is 2. The van der Waals surface area contributed by atoms with Gasteiger partial charge in [-0.2, -0.15) is 0 Å². The van der Waals surface area contributed by atoms with E-state index >= 15 is 0 Å². The van der Waals surface area contributed by atoms with E-state index in [1.807, 2.05) is 43.3 Å². The van der Waals surface area contributed by atoms with Crippen LogP contribution in [0.15, 0.2) is 48.5 Å². The molecule has 150 valence electrons. The molecule has 0 bridgehead atoms. The van der Waals surface area contributed by atoms with Gasteiger partial charge < -0.3 is 15.0 Å². The van der Waals surface area contributed by atoms with Crippen molar-refractivity contribution in [1.29, 1.82) is 0 Å². The van der Waals surface area contributed by atoms with Gasteiger partial charge in [0.25, 0.3) is 0 Å². The summed E-state index contributed by atoms with van der Waals surface area (Å²) in [6, 6.07) is 14.5. The molecule has 0 heterocycles. The predicted molar refractivity (Wildman–Crippen MR) is 111 cm³/mol. The first kappa shape index (κ1) is 21.8. The third-order valence-corrected chi connectivity index (χ3v) is 4.76. The van der Waals surface area contributed by atoms with Gasteiger partial charge in [0, 0.05) is 25.0 Å². The Labute approximate surface area is 171 Å². The normalized spacial score (nSPS) is 11.6. The lowest BCUT2D eigenvalue weighted by Gasteiger charge is -2.28. The lowest BCUT2D eigenvalue weighted by atomic mass is 10.1. The van der Waals surface area contributed by atoms with Crippen molar-refractivity contribution in [2.24, 2.45) is 0 Å². The zero-order valence-corrected chi connectivity index (χ0v) is 17.3. The molecule has 2 aromatic carbocycles. The lowest BCUT2D eigenvalue weighted by Crippen LogP contribution is -2.46. The van der Waals surface area contributed by atoms with E-state index < -0.39 is 6.04 Å². The minimum absolute atomic E-state index is 0.0847. The van der Waals surface area contributed by atoms with Gasteiger partial charge in [0.15, 0.2) is 0 Å². The first-order valence-electron chi connectivity index (χ1n) is 9.35. The number of aryl methyl sites for hydroxylation is 1. The van der Waals surface area contributed by atoms with Gasteiger partial charge in [0.2, 0.25) is 11.8 Å². The zero-order chi connectivity index (χ0) is 20.5. The maximum absolute atomic E-state index is 12.8. The van der Waals surface area contributed by atoms with Gasteiger partial charge in [0.05, 0.1) is 6.61 Å². The van der Waals surface area contributed by atoms with Crippen LogP contribution in [-0.4, -0.2) is 36.4 Å². The zero-order valence-electron chi connectivity index (χ0n) is 16.6. The summed E-state index contributed by atoms with van der Waals surface area (Å²) in [6.07, 6.45) is 0.880. The maximum Gasteiger partial charge on any atom is 0.242 e. The van der Waals surface area contributed by atoms with Crippen molar-refractivity contribution < 1.29 is 14.3 Å². The molecule has 0 radical (unpaired) electrons. The number of nitrogens with one attached hydrogen (secondary N) is 1. The molecule has 28 heavy (non-hydrogen) atoms. The first-order chi connectivity index (χ1) is 13.4. The Kier molecular flexibility index (Phi) is 8.33. The van der Waals surface area contributed by atoms with Crippen molar-refractivity contribution in [3.63, 3.8) is 0 Å². The minimum Gasteiger partial charge on any atom is -0.494 e. The molecular formula is C22H27ClN2O3. The van der Waals surface area contributed by atoms with Gasteiger partial charge in [-0.05, 0) is 50.1 Å². The van der Waals surface area contributed by atoms with Crippen LogP contribution in [0.2, 0.25) is 5.02 Å². The Morgan fingerprint density at radius 1 is 1.11 bits per heavy atom. The first-order valence-corrected chi connectivity index (χ1v) is 9.73. The van der Waals surface area contributed by atoms with Crippen LogP contribution in [-0.2, 0) is 16.1 Å². The topological polar surface area (TPSA) is 58.6 Å². The van der Waals surface area contributed by atoms with Gasteiger partial charge in [-0.25, -0.2) is 0 Å². The van der Waals surface area contributed by atoms with Crippen LogP contribution in [0.4, 0.5) is 0 Å². The van der Waals surface area contributed by atoms with E-state index in [1.165, 1.54) is 5.56 Å². The van der Waals surface area contributed by atoms with Gasteiger partial charge in [-0.3, -0.25) is 9.59 Å². The van der Waals surface area contributed by atoms with Gasteiger partial charge in [-0.15, -0.1) is 0 Å². The minimum atomic E-state index is -0.564. The second-order valence-electron chi connectivity index (χ2n) is 6.70. The second kappa shape index (κ2) is 10.7. The number of likely N-dealkylation sites (N-methyl/N-ethyl adjacent to an activating group) is 1. The fourth-order valence-electron chi connectivity index (χ4n) is 2.77. The van der Waals surface area contributed by atoms with E-state index in [2.05, 4.69) is 5.32 Å². The smallest absolute Gasteiger partial charge is 0.242 e. The molecule has 1 N–H and O–H groups in total. The summed E-state index contributed by atoms with van der Waals surface area (Å²) < 4.78 is 5.69.